The molecule has 0 atom stereocenters. The van der Waals surface area contributed by atoms with Crippen LogP contribution in [0.5, 0.6) is 0 Å². The minimum absolute atomic E-state index is 0.00851. The molecule has 2 nitrogen and oxygen atoms in total. The average Bonchev–Trinajstić information content (AvgIpc) is 3.75. The highest BCUT2D eigenvalue weighted by molar-refractivity contribution is 6.19. The predicted octanol–water partition coefficient (Wildman–Crippen LogP) is 14.9. The number of hydrogen-bond donors (Lipinski definition) is 0. The van der Waals surface area contributed by atoms with Crippen molar-refractivity contribution >= 4 is 49.8 Å². The molecule has 9 aromatic carbocycles. The molecule has 254 valence electrons. The molecule has 0 saturated heterocycles. The summed E-state index contributed by atoms with van der Waals surface area (Å²) in [6.07, 6.45) is 0. The Morgan fingerprint density at radius 3 is 1.72 bits per heavy atom. The monoisotopic (exact) mass is 702 g/mol. The Balaban J connectivity index is 1.22. The van der Waals surface area contributed by atoms with Gasteiger partial charge in [-0.1, -0.05) is 164 Å². The molecular weight excluding hydrogens is 655 g/mol. The summed E-state index contributed by atoms with van der Waals surface area (Å²) in [5.74, 6) is 0. The molecule has 0 aliphatic rings. The molecule has 0 spiro atoms. The second-order valence-corrected chi connectivity index (χ2v) is 12.7. The number of anilines is 3. The summed E-state index contributed by atoms with van der Waals surface area (Å²) in [6.45, 7) is 0. The van der Waals surface area contributed by atoms with E-state index in [9.17, 15) is 11.0 Å². The molecule has 2 heteroatoms. The number of furan rings is 1. The lowest BCUT2D eigenvalue weighted by molar-refractivity contribution is 0.673. The van der Waals surface area contributed by atoms with Crippen LogP contribution in [-0.2, 0) is 0 Å². The molecule has 0 aliphatic carbocycles. The average molecular weight is 703 g/mol. The third-order valence-corrected chi connectivity index (χ3v) is 9.50. The standard InChI is InChI=1S/C52H35NO/c1-3-11-36(12-4-1)38-21-23-39(24-22-38)41-27-32-45(33-28-41)53(44-30-25-40(26-31-44)37-13-5-2-6-14-37)46-17-9-16-43(35-46)47-19-10-20-50-51(47)49-34-29-42-15-7-8-18-48(42)52(49)54-50/h1-35H/i2D,5D,6D,13D,14D,25D,26D,27D,28D,30D,31D,32D,33D. The second kappa shape index (κ2) is 13.4. The summed E-state index contributed by atoms with van der Waals surface area (Å²) in [4.78, 5) is 1.18. The van der Waals surface area contributed by atoms with E-state index < -0.39 is 95.4 Å². The van der Waals surface area contributed by atoms with E-state index in [0.29, 0.717) is 22.3 Å². The summed E-state index contributed by atoms with van der Waals surface area (Å²) in [5.41, 5.74) is 3.17. The van der Waals surface area contributed by atoms with Crippen LogP contribution in [0.25, 0.3) is 77.2 Å². The van der Waals surface area contributed by atoms with Crippen molar-refractivity contribution in [1.29, 1.82) is 0 Å². The van der Waals surface area contributed by atoms with Crippen LogP contribution in [0, 0.1) is 0 Å². The number of rotatable bonds is 7. The van der Waals surface area contributed by atoms with Gasteiger partial charge in [0.2, 0.25) is 0 Å². The van der Waals surface area contributed by atoms with Crippen molar-refractivity contribution in [3.8, 4) is 44.5 Å². The molecule has 54 heavy (non-hydrogen) atoms. The van der Waals surface area contributed by atoms with Gasteiger partial charge in [0, 0.05) is 33.2 Å². The fraction of sp³-hybridized carbons (Fsp3) is 0. The van der Waals surface area contributed by atoms with Crippen molar-refractivity contribution in [2.45, 2.75) is 0 Å². The van der Waals surface area contributed by atoms with Crippen LogP contribution in [0.3, 0.4) is 0 Å². The van der Waals surface area contributed by atoms with Gasteiger partial charge in [0.1, 0.15) is 11.2 Å². The van der Waals surface area contributed by atoms with E-state index in [1.54, 1.807) is 30.3 Å². The summed E-state index contributed by atoms with van der Waals surface area (Å²) in [7, 11) is 0. The van der Waals surface area contributed by atoms with Crippen molar-refractivity contribution in [1.82, 2.24) is 0 Å². The Hall–Kier alpha value is -7.16. The summed E-state index contributed by atoms with van der Waals surface area (Å²) < 4.78 is 124. The van der Waals surface area contributed by atoms with E-state index in [1.165, 1.54) is 4.90 Å². The van der Waals surface area contributed by atoms with Gasteiger partial charge in [-0.05, 0) is 98.3 Å². The van der Waals surface area contributed by atoms with E-state index in [4.69, 9.17) is 11.3 Å². The maximum Gasteiger partial charge on any atom is 0.143 e. The van der Waals surface area contributed by atoms with Gasteiger partial charge >= 0.3 is 0 Å². The Bertz CT molecular complexity index is 3600. The minimum atomic E-state index is -0.747. The van der Waals surface area contributed by atoms with Crippen molar-refractivity contribution in [2.24, 2.45) is 0 Å². The van der Waals surface area contributed by atoms with Gasteiger partial charge in [-0.15, -0.1) is 0 Å². The van der Waals surface area contributed by atoms with Gasteiger partial charge in [0.25, 0.3) is 0 Å². The third-order valence-electron chi connectivity index (χ3n) is 9.50. The molecule has 0 N–H and O–H groups in total. The zero-order valence-electron chi connectivity index (χ0n) is 41.6. The van der Waals surface area contributed by atoms with E-state index >= 15 is 0 Å². The normalized spacial score (nSPS) is 14.7. The topological polar surface area (TPSA) is 16.4 Å². The number of nitrogens with zero attached hydrogens (tertiary/aromatic N) is 1. The van der Waals surface area contributed by atoms with E-state index in [1.807, 2.05) is 103 Å². The molecule has 0 saturated carbocycles. The highest BCUT2D eigenvalue weighted by atomic mass is 16.3. The van der Waals surface area contributed by atoms with Crippen molar-refractivity contribution in [2.75, 3.05) is 4.90 Å². The van der Waals surface area contributed by atoms with E-state index in [2.05, 4.69) is 0 Å². The maximum atomic E-state index is 9.57. The predicted molar refractivity (Wildman–Crippen MR) is 228 cm³/mol. The molecule has 10 rings (SSSR count). The lowest BCUT2D eigenvalue weighted by Gasteiger charge is -2.26. The Labute approximate surface area is 333 Å². The van der Waals surface area contributed by atoms with Crippen LogP contribution in [0.2, 0.25) is 0 Å². The molecule has 0 aliphatic heterocycles. The fourth-order valence-electron chi connectivity index (χ4n) is 6.92. The van der Waals surface area contributed by atoms with Crippen LogP contribution in [0.15, 0.2) is 216 Å². The molecular formula is C52H35NO. The third kappa shape index (κ3) is 5.71. The minimum Gasteiger partial charge on any atom is -0.455 e. The summed E-state index contributed by atoms with van der Waals surface area (Å²) in [5, 5.41) is 3.57. The van der Waals surface area contributed by atoms with E-state index in [0.717, 1.165) is 38.2 Å². The largest absolute Gasteiger partial charge is 0.455 e. The zero-order chi connectivity index (χ0) is 47.2. The molecule has 1 aromatic heterocycles. The van der Waals surface area contributed by atoms with Gasteiger partial charge in [-0.3, -0.25) is 0 Å². The van der Waals surface area contributed by atoms with Crippen molar-refractivity contribution < 1.29 is 22.2 Å². The van der Waals surface area contributed by atoms with Crippen molar-refractivity contribution in [3.63, 3.8) is 0 Å². The summed E-state index contributed by atoms with van der Waals surface area (Å²) >= 11 is 0. The first-order chi connectivity index (χ1) is 32.2. The van der Waals surface area contributed by atoms with Gasteiger partial charge in [-0.25, -0.2) is 0 Å². The van der Waals surface area contributed by atoms with Crippen LogP contribution in [-0.4, -0.2) is 0 Å². The molecule has 0 radical (unpaired) electrons. The lowest BCUT2D eigenvalue weighted by atomic mass is 9.97. The first kappa shape index (κ1) is 20.8. The van der Waals surface area contributed by atoms with E-state index in [-0.39, 0.29) is 16.9 Å². The fourth-order valence-corrected chi connectivity index (χ4v) is 6.92. The number of benzene rings is 9. The van der Waals surface area contributed by atoms with Crippen LogP contribution < -0.4 is 4.90 Å². The number of fused-ring (bicyclic) bond motifs is 5. The molecule has 0 bridgehead atoms. The maximum absolute atomic E-state index is 9.57. The Kier molecular flexibility index (Phi) is 5.17. The van der Waals surface area contributed by atoms with Crippen LogP contribution in [0.1, 0.15) is 17.8 Å². The van der Waals surface area contributed by atoms with Gasteiger partial charge < -0.3 is 9.32 Å². The highest BCUT2D eigenvalue weighted by Gasteiger charge is 2.18. The van der Waals surface area contributed by atoms with Crippen molar-refractivity contribution in [3.05, 3.63) is 212 Å². The second-order valence-electron chi connectivity index (χ2n) is 12.7. The lowest BCUT2D eigenvalue weighted by Crippen LogP contribution is -2.10. The zero-order valence-corrected chi connectivity index (χ0v) is 28.6. The smallest absolute Gasteiger partial charge is 0.143 e. The van der Waals surface area contributed by atoms with Crippen LogP contribution >= 0.6 is 0 Å². The first-order valence-corrected chi connectivity index (χ1v) is 17.4. The molecule has 0 amide bonds. The molecule has 0 unspecified atom stereocenters. The van der Waals surface area contributed by atoms with Gasteiger partial charge in [0.15, 0.2) is 0 Å². The Morgan fingerprint density at radius 1 is 0.389 bits per heavy atom. The Morgan fingerprint density at radius 2 is 0.981 bits per heavy atom. The SMILES string of the molecule is [2H]c1c([2H])c([2H])c(-c2c([2H])c([2H])c(N(c3cccc(-c4cccc5oc6c7ccccc7ccc6c45)c3)c3c([2H])c([2H])c(-c4ccc(-c5ccccc5)cc4)c([2H])c3[2H])c([2H])c2[2H])c([2H])c1[2H]. The first-order valence-electron chi connectivity index (χ1n) is 23.9. The summed E-state index contributed by atoms with van der Waals surface area (Å²) in [6, 6.07) is 32.7. The van der Waals surface area contributed by atoms with Gasteiger partial charge in [-0.2, -0.15) is 0 Å². The van der Waals surface area contributed by atoms with Gasteiger partial charge in [0.05, 0.1) is 17.8 Å². The molecule has 10 aromatic rings. The quantitative estimate of drug-likeness (QED) is 0.164. The van der Waals surface area contributed by atoms with Crippen LogP contribution in [0.4, 0.5) is 17.1 Å². The number of hydrogen-bond acceptors (Lipinski definition) is 2. The molecule has 0 fully saturated rings. The molecule has 1 heterocycles. The highest BCUT2D eigenvalue weighted by Crippen LogP contribution is 2.42.